The van der Waals surface area contributed by atoms with E-state index >= 15 is 0 Å². The maximum atomic E-state index is 14.6. The van der Waals surface area contributed by atoms with Gasteiger partial charge in [0, 0.05) is 32.2 Å². The minimum absolute atomic E-state index is 0.0381. The summed E-state index contributed by atoms with van der Waals surface area (Å²) in [6, 6.07) is 4.64. The van der Waals surface area contributed by atoms with Crippen LogP contribution >= 0.6 is 11.6 Å². The number of rotatable bonds is 9. The Kier molecular flexibility index (Phi) is 8.96. The molecular formula is C26H32ClFN4O4. The topological polar surface area (TPSA) is 95.9 Å². The number of nitrogens with zero attached hydrogens (tertiary/aromatic N) is 4. The number of carboxylic acid groups (broad SMARTS) is 1. The van der Waals surface area contributed by atoms with Crippen molar-refractivity contribution in [3.8, 4) is 5.75 Å². The van der Waals surface area contributed by atoms with E-state index < -0.39 is 17.7 Å². The second kappa shape index (κ2) is 12.3. The van der Waals surface area contributed by atoms with Crippen molar-refractivity contribution in [1.29, 1.82) is 0 Å². The number of ether oxygens (including phenoxy) is 1. The summed E-state index contributed by atoms with van der Waals surface area (Å²) >= 11 is 5.86. The van der Waals surface area contributed by atoms with Crippen LogP contribution < -0.4 is 9.64 Å². The number of anilines is 1. The van der Waals surface area contributed by atoms with E-state index in [2.05, 4.69) is 14.9 Å². The highest BCUT2D eigenvalue weighted by molar-refractivity contribution is 6.30. The van der Waals surface area contributed by atoms with Gasteiger partial charge in [-0.05, 0) is 56.1 Å². The SMILES string of the molecule is O=C(O)C1CCN(C(=O)Cc2ccc(OCCCC3CCN(c4ncc(Cl)cn4)CC3)cc2F)CC1. The van der Waals surface area contributed by atoms with Crippen LogP contribution in [0.1, 0.15) is 44.1 Å². The van der Waals surface area contributed by atoms with E-state index in [0.29, 0.717) is 54.8 Å². The molecule has 1 aromatic carbocycles. The maximum Gasteiger partial charge on any atom is 0.306 e. The van der Waals surface area contributed by atoms with Crippen molar-refractivity contribution in [3.05, 3.63) is 47.0 Å². The van der Waals surface area contributed by atoms with Crippen LogP contribution in [0.15, 0.2) is 30.6 Å². The van der Waals surface area contributed by atoms with Gasteiger partial charge in [-0.2, -0.15) is 0 Å². The van der Waals surface area contributed by atoms with Gasteiger partial charge in [0.15, 0.2) is 0 Å². The summed E-state index contributed by atoms with van der Waals surface area (Å²) in [5.74, 6) is -0.0740. The average molecular weight is 519 g/mol. The van der Waals surface area contributed by atoms with E-state index in [4.69, 9.17) is 21.4 Å². The third-order valence-corrected chi connectivity index (χ3v) is 7.29. The van der Waals surface area contributed by atoms with Gasteiger partial charge >= 0.3 is 5.97 Å². The number of piperidine rings is 2. The second-order valence-electron chi connectivity index (χ2n) is 9.55. The summed E-state index contributed by atoms with van der Waals surface area (Å²) in [5, 5.41) is 9.62. The summed E-state index contributed by atoms with van der Waals surface area (Å²) in [5.41, 5.74) is 0.323. The number of carbonyl (C=O) groups excluding carboxylic acids is 1. The molecule has 8 nitrogen and oxygen atoms in total. The van der Waals surface area contributed by atoms with Gasteiger partial charge < -0.3 is 19.6 Å². The number of benzene rings is 1. The van der Waals surface area contributed by atoms with Gasteiger partial charge in [0.05, 0.1) is 36.4 Å². The molecule has 0 atom stereocenters. The van der Waals surface area contributed by atoms with Crippen molar-refractivity contribution in [2.24, 2.45) is 11.8 Å². The lowest BCUT2D eigenvalue weighted by molar-refractivity contribution is -0.145. The zero-order valence-corrected chi connectivity index (χ0v) is 21.0. The Balaban J connectivity index is 1.15. The molecule has 1 aromatic heterocycles. The van der Waals surface area contributed by atoms with E-state index in [1.165, 1.54) is 6.07 Å². The van der Waals surface area contributed by atoms with Crippen LogP contribution in [0, 0.1) is 17.7 Å². The van der Waals surface area contributed by atoms with Gasteiger partial charge in [0.1, 0.15) is 11.6 Å². The molecule has 0 bridgehead atoms. The molecule has 1 N–H and O–H groups in total. The molecule has 10 heteroatoms. The first-order chi connectivity index (χ1) is 17.4. The molecule has 2 aliphatic heterocycles. The summed E-state index contributed by atoms with van der Waals surface area (Å²) < 4.78 is 20.3. The van der Waals surface area contributed by atoms with Gasteiger partial charge in [-0.1, -0.05) is 17.7 Å². The number of hydrogen-bond acceptors (Lipinski definition) is 6. The predicted molar refractivity (Wildman–Crippen MR) is 134 cm³/mol. The van der Waals surface area contributed by atoms with E-state index in [-0.39, 0.29) is 12.3 Å². The molecule has 2 fully saturated rings. The quantitative estimate of drug-likeness (QED) is 0.497. The van der Waals surface area contributed by atoms with Gasteiger partial charge in [0.25, 0.3) is 0 Å². The molecule has 2 aromatic rings. The number of aromatic nitrogens is 2. The van der Waals surface area contributed by atoms with Crippen LogP contribution in [-0.2, 0) is 16.0 Å². The summed E-state index contributed by atoms with van der Waals surface area (Å²) in [7, 11) is 0. The van der Waals surface area contributed by atoms with Crippen LogP contribution in [0.5, 0.6) is 5.75 Å². The molecule has 194 valence electrons. The molecule has 0 saturated carbocycles. The first-order valence-electron chi connectivity index (χ1n) is 12.5. The zero-order valence-electron chi connectivity index (χ0n) is 20.2. The lowest BCUT2D eigenvalue weighted by Crippen LogP contribution is -2.41. The molecule has 0 radical (unpaired) electrons. The standard InChI is InChI=1S/C26H32ClFN4O4/c27-21-16-29-26(30-17-21)32-9-5-18(6-10-32)2-1-13-36-22-4-3-20(23(28)15-22)14-24(33)31-11-7-19(8-12-31)25(34)35/h3-4,15-19H,1-2,5-14H2,(H,34,35). The van der Waals surface area contributed by atoms with Crippen molar-refractivity contribution in [3.63, 3.8) is 0 Å². The van der Waals surface area contributed by atoms with Crippen molar-refractivity contribution < 1.29 is 23.8 Å². The maximum absolute atomic E-state index is 14.6. The number of carboxylic acids is 1. The van der Waals surface area contributed by atoms with Gasteiger partial charge in [-0.15, -0.1) is 0 Å². The summed E-state index contributed by atoms with van der Waals surface area (Å²) in [6.45, 7) is 3.13. The molecule has 0 unspecified atom stereocenters. The number of aliphatic carboxylic acids is 1. The molecule has 2 aliphatic rings. The number of carbonyl (C=O) groups is 2. The number of halogens is 2. The molecule has 3 heterocycles. The highest BCUT2D eigenvalue weighted by atomic mass is 35.5. The highest BCUT2D eigenvalue weighted by Crippen LogP contribution is 2.25. The first kappa shape index (κ1) is 26.1. The highest BCUT2D eigenvalue weighted by Gasteiger charge is 2.27. The minimum atomic E-state index is -0.821. The van der Waals surface area contributed by atoms with Crippen LogP contribution in [0.3, 0.4) is 0 Å². The molecule has 4 rings (SSSR count). The van der Waals surface area contributed by atoms with E-state index in [1.54, 1.807) is 29.4 Å². The monoisotopic (exact) mass is 518 g/mol. The zero-order chi connectivity index (χ0) is 25.5. The Morgan fingerprint density at radius 1 is 1.08 bits per heavy atom. The molecular weight excluding hydrogens is 487 g/mol. The lowest BCUT2D eigenvalue weighted by atomic mass is 9.92. The Morgan fingerprint density at radius 3 is 2.42 bits per heavy atom. The molecule has 2 saturated heterocycles. The Hall–Kier alpha value is -2.94. The second-order valence-corrected chi connectivity index (χ2v) is 9.98. The van der Waals surface area contributed by atoms with E-state index in [0.717, 1.165) is 44.7 Å². The molecule has 0 spiro atoms. The first-order valence-corrected chi connectivity index (χ1v) is 12.9. The number of likely N-dealkylation sites (tertiary alicyclic amines) is 1. The fourth-order valence-electron chi connectivity index (χ4n) is 4.86. The molecule has 1 amide bonds. The molecule has 36 heavy (non-hydrogen) atoms. The van der Waals surface area contributed by atoms with E-state index in [1.807, 2.05) is 0 Å². The van der Waals surface area contributed by atoms with Crippen LogP contribution in [0.25, 0.3) is 0 Å². The van der Waals surface area contributed by atoms with Crippen molar-refractivity contribution >= 4 is 29.4 Å². The van der Waals surface area contributed by atoms with Gasteiger partial charge in [-0.3, -0.25) is 9.59 Å². The summed E-state index contributed by atoms with van der Waals surface area (Å²) in [4.78, 5) is 36.0. The van der Waals surface area contributed by atoms with E-state index in [9.17, 15) is 14.0 Å². The normalized spacial score (nSPS) is 17.3. The van der Waals surface area contributed by atoms with Crippen LogP contribution in [-0.4, -0.2) is 64.6 Å². The molecule has 0 aliphatic carbocycles. The van der Waals surface area contributed by atoms with Crippen molar-refractivity contribution in [2.45, 2.75) is 44.9 Å². The third kappa shape index (κ3) is 7.06. The Bertz CT molecular complexity index is 1040. The van der Waals surface area contributed by atoms with Crippen molar-refractivity contribution in [1.82, 2.24) is 14.9 Å². The largest absolute Gasteiger partial charge is 0.493 e. The minimum Gasteiger partial charge on any atom is -0.493 e. The van der Waals surface area contributed by atoms with Gasteiger partial charge in [0.2, 0.25) is 11.9 Å². The summed E-state index contributed by atoms with van der Waals surface area (Å²) in [6.07, 6.45) is 8.14. The number of amides is 1. The van der Waals surface area contributed by atoms with Gasteiger partial charge in [-0.25, -0.2) is 14.4 Å². The third-order valence-electron chi connectivity index (χ3n) is 7.09. The predicted octanol–water partition coefficient (Wildman–Crippen LogP) is 4.21. The lowest BCUT2D eigenvalue weighted by Gasteiger charge is -2.32. The van der Waals surface area contributed by atoms with Crippen LogP contribution in [0.2, 0.25) is 5.02 Å². The fourth-order valence-corrected chi connectivity index (χ4v) is 4.96. The Labute approximate surface area is 215 Å². The fraction of sp³-hybridized carbons (Fsp3) is 0.538. The smallest absolute Gasteiger partial charge is 0.306 e. The van der Waals surface area contributed by atoms with Crippen LogP contribution in [0.4, 0.5) is 10.3 Å². The van der Waals surface area contributed by atoms with Crippen molar-refractivity contribution in [2.75, 3.05) is 37.7 Å². The average Bonchev–Trinajstić information content (AvgIpc) is 2.89. The Morgan fingerprint density at radius 2 is 1.78 bits per heavy atom. The number of hydrogen-bond donors (Lipinski definition) is 1.